The molecule has 2 heterocycles. The molecule has 2 rings (SSSR count). The summed E-state index contributed by atoms with van der Waals surface area (Å²) in [5, 5.41) is 6.33. The van der Waals surface area contributed by atoms with Gasteiger partial charge in [-0.2, -0.15) is 16.9 Å². The monoisotopic (exact) mass is 200 g/mol. The summed E-state index contributed by atoms with van der Waals surface area (Å²) in [4.78, 5) is 15.8. The fourth-order valence-electron chi connectivity index (χ4n) is 1.42. The lowest BCUT2D eigenvalue weighted by atomic mass is 10.3. The summed E-state index contributed by atoms with van der Waals surface area (Å²) in [6, 6.07) is 0.248. The maximum Gasteiger partial charge on any atom is 0.340 e. The molecule has 2 N–H and O–H groups in total. The average molecular weight is 200 g/mol. The third-order valence-corrected chi connectivity index (χ3v) is 3.25. The highest BCUT2D eigenvalue weighted by atomic mass is 32.2. The standard InChI is InChI=1S/C7H12N4OS/c1-11-2-3-13-4-5(11)6-8-7(12)10-9-6/h5H,2-4H2,1H3,(H2,8,9,10,12). The van der Waals surface area contributed by atoms with Crippen LogP contribution in [0.4, 0.5) is 0 Å². The first-order chi connectivity index (χ1) is 6.27. The number of nitrogens with one attached hydrogen (secondary N) is 2. The summed E-state index contributed by atoms with van der Waals surface area (Å²) in [6.07, 6.45) is 0. The normalized spacial score (nSPS) is 24.8. The van der Waals surface area contributed by atoms with Crippen molar-refractivity contribution in [2.24, 2.45) is 0 Å². The van der Waals surface area contributed by atoms with Gasteiger partial charge in [-0.25, -0.2) is 9.89 Å². The third kappa shape index (κ3) is 1.78. The Labute approximate surface area is 79.9 Å². The summed E-state index contributed by atoms with van der Waals surface area (Å²) in [5.41, 5.74) is -0.223. The molecular weight excluding hydrogens is 188 g/mol. The highest BCUT2D eigenvalue weighted by molar-refractivity contribution is 7.99. The summed E-state index contributed by atoms with van der Waals surface area (Å²) in [7, 11) is 2.05. The van der Waals surface area contributed by atoms with Crippen LogP contribution in [0.25, 0.3) is 0 Å². The Morgan fingerprint density at radius 1 is 1.69 bits per heavy atom. The zero-order valence-electron chi connectivity index (χ0n) is 7.41. The van der Waals surface area contributed by atoms with Crippen molar-refractivity contribution in [3.63, 3.8) is 0 Å². The second-order valence-electron chi connectivity index (χ2n) is 3.13. The molecule has 1 aliphatic rings. The first-order valence-electron chi connectivity index (χ1n) is 4.20. The van der Waals surface area contributed by atoms with Gasteiger partial charge in [0.1, 0.15) is 5.82 Å². The van der Waals surface area contributed by atoms with Crippen LogP contribution in [0.3, 0.4) is 0 Å². The van der Waals surface area contributed by atoms with Gasteiger partial charge in [-0.1, -0.05) is 0 Å². The minimum absolute atomic E-state index is 0.223. The molecular formula is C7H12N4OS. The molecule has 1 unspecified atom stereocenters. The molecule has 1 aliphatic heterocycles. The van der Waals surface area contributed by atoms with E-state index in [1.807, 2.05) is 11.8 Å². The molecule has 5 nitrogen and oxygen atoms in total. The molecule has 0 aliphatic carbocycles. The Kier molecular flexibility index (Phi) is 2.41. The summed E-state index contributed by atoms with van der Waals surface area (Å²) >= 11 is 1.89. The molecule has 6 heteroatoms. The first kappa shape index (κ1) is 8.83. The molecule has 1 aromatic heterocycles. The van der Waals surface area contributed by atoms with Gasteiger partial charge in [0.05, 0.1) is 6.04 Å². The van der Waals surface area contributed by atoms with E-state index >= 15 is 0 Å². The van der Waals surface area contributed by atoms with Gasteiger partial charge in [-0.15, -0.1) is 0 Å². The summed E-state index contributed by atoms with van der Waals surface area (Å²) in [6.45, 7) is 1.05. The maximum atomic E-state index is 10.8. The molecule has 0 amide bonds. The minimum atomic E-state index is -0.223. The Hall–Kier alpha value is -0.750. The molecule has 0 saturated carbocycles. The van der Waals surface area contributed by atoms with Crippen LogP contribution in [-0.4, -0.2) is 45.2 Å². The van der Waals surface area contributed by atoms with Gasteiger partial charge in [0.15, 0.2) is 0 Å². The lowest BCUT2D eigenvalue weighted by molar-refractivity contribution is 0.265. The molecule has 1 saturated heterocycles. The minimum Gasteiger partial charge on any atom is -0.295 e. The van der Waals surface area contributed by atoms with Crippen molar-refractivity contribution in [3.8, 4) is 0 Å². The van der Waals surface area contributed by atoms with E-state index in [4.69, 9.17) is 0 Å². The Morgan fingerprint density at radius 3 is 3.15 bits per heavy atom. The summed E-state index contributed by atoms with van der Waals surface area (Å²) in [5.74, 6) is 2.90. The summed E-state index contributed by atoms with van der Waals surface area (Å²) < 4.78 is 0. The number of hydrogen-bond acceptors (Lipinski definition) is 4. The number of aromatic nitrogens is 3. The number of thioether (sulfide) groups is 1. The molecule has 0 radical (unpaired) electrons. The highest BCUT2D eigenvalue weighted by Crippen LogP contribution is 2.24. The number of hydrogen-bond donors (Lipinski definition) is 2. The van der Waals surface area contributed by atoms with Crippen molar-refractivity contribution in [2.45, 2.75) is 6.04 Å². The fourth-order valence-corrected chi connectivity index (χ4v) is 2.63. The van der Waals surface area contributed by atoms with Crippen LogP contribution in [0.5, 0.6) is 0 Å². The lowest BCUT2D eigenvalue weighted by Gasteiger charge is -2.29. The van der Waals surface area contributed by atoms with Crippen LogP contribution in [0.15, 0.2) is 4.79 Å². The van der Waals surface area contributed by atoms with Gasteiger partial charge in [-0.05, 0) is 7.05 Å². The molecule has 1 fully saturated rings. The second-order valence-corrected chi connectivity index (χ2v) is 4.28. The fraction of sp³-hybridized carbons (Fsp3) is 0.714. The van der Waals surface area contributed by atoms with Gasteiger partial charge in [0, 0.05) is 18.1 Å². The molecule has 13 heavy (non-hydrogen) atoms. The maximum absolute atomic E-state index is 10.8. The van der Waals surface area contributed by atoms with Gasteiger partial charge in [-0.3, -0.25) is 9.88 Å². The third-order valence-electron chi connectivity index (χ3n) is 2.23. The number of nitrogens with zero attached hydrogens (tertiary/aromatic N) is 2. The zero-order valence-corrected chi connectivity index (χ0v) is 8.23. The molecule has 1 atom stereocenters. The van der Waals surface area contributed by atoms with Crippen molar-refractivity contribution >= 4 is 11.8 Å². The Bertz CT molecular complexity index is 333. The van der Waals surface area contributed by atoms with Crippen molar-refractivity contribution < 1.29 is 0 Å². The van der Waals surface area contributed by atoms with Gasteiger partial charge >= 0.3 is 5.69 Å². The van der Waals surface area contributed by atoms with E-state index < -0.39 is 0 Å². The first-order valence-corrected chi connectivity index (χ1v) is 5.35. The van der Waals surface area contributed by atoms with Gasteiger partial charge in [0.25, 0.3) is 0 Å². The zero-order chi connectivity index (χ0) is 9.26. The van der Waals surface area contributed by atoms with Crippen LogP contribution in [0, 0.1) is 0 Å². The SMILES string of the molecule is CN1CCSCC1c1n[nH]c(=O)[nH]1. The molecule has 0 bridgehead atoms. The molecule has 1 aromatic rings. The lowest BCUT2D eigenvalue weighted by Crippen LogP contribution is -2.33. The van der Waals surface area contributed by atoms with Gasteiger partial charge < -0.3 is 0 Å². The quantitative estimate of drug-likeness (QED) is 0.660. The van der Waals surface area contributed by atoms with E-state index in [2.05, 4.69) is 27.1 Å². The predicted octanol–water partition coefficient (Wildman–Crippen LogP) is -0.182. The van der Waals surface area contributed by atoms with E-state index in [-0.39, 0.29) is 11.7 Å². The predicted molar refractivity (Wildman–Crippen MR) is 51.9 cm³/mol. The largest absolute Gasteiger partial charge is 0.340 e. The van der Waals surface area contributed by atoms with Crippen molar-refractivity contribution in [1.82, 2.24) is 20.1 Å². The Morgan fingerprint density at radius 2 is 2.54 bits per heavy atom. The van der Waals surface area contributed by atoms with E-state index in [1.54, 1.807) is 0 Å². The van der Waals surface area contributed by atoms with E-state index in [1.165, 1.54) is 0 Å². The smallest absolute Gasteiger partial charge is 0.295 e. The topological polar surface area (TPSA) is 64.8 Å². The highest BCUT2D eigenvalue weighted by Gasteiger charge is 2.23. The van der Waals surface area contributed by atoms with Crippen LogP contribution < -0.4 is 5.69 Å². The van der Waals surface area contributed by atoms with Crippen LogP contribution in [0.1, 0.15) is 11.9 Å². The van der Waals surface area contributed by atoms with Crippen LogP contribution >= 0.6 is 11.8 Å². The molecule has 0 spiro atoms. The number of H-pyrrole nitrogens is 2. The number of aromatic amines is 2. The van der Waals surface area contributed by atoms with E-state index in [9.17, 15) is 4.79 Å². The van der Waals surface area contributed by atoms with Gasteiger partial charge in [0.2, 0.25) is 0 Å². The number of rotatable bonds is 1. The van der Waals surface area contributed by atoms with E-state index in [0.717, 1.165) is 23.9 Å². The van der Waals surface area contributed by atoms with E-state index in [0.29, 0.717) is 0 Å². The molecule has 72 valence electrons. The Balaban J connectivity index is 2.19. The second kappa shape index (κ2) is 3.55. The van der Waals surface area contributed by atoms with Crippen LogP contribution in [-0.2, 0) is 0 Å². The van der Waals surface area contributed by atoms with Crippen molar-refractivity contribution in [2.75, 3.05) is 25.1 Å². The van der Waals surface area contributed by atoms with Crippen molar-refractivity contribution in [3.05, 3.63) is 16.3 Å². The average Bonchev–Trinajstić information content (AvgIpc) is 2.53. The van der Waals surface area contributed by atoms with Crippen LogP contribution in [0.2, 0.25) is 0 Å². The molecule has 0 aromatic carbocycles. The van der Waals surface area contributed by atoms with Crippen molar-refractivity contribution in [1.29, 1.82) is 0 Å².